The number of hydrogen-bond acceptors (Lipinski definition) is 4. The van der Waals surface area contributed by atoms with Crippen molar-refractivity contribution in [2.75, 3.05) is 5.75 Å². The van der Waals surface area contributed by atoms with Crippen LogP contribution in [0.1, 0.15) is 38.5 Å². The first-order chi connectivity index (χ1) is 7.49. The second kappa shape index (κ2) is 6.17. The fourth-order valence-electron chi connectivity index (χ4n) is 1.60. The molecule has 0 aromatic heterocycles. The average Bonchev–Trinajstić information content (AvgIpc) is 2.66. The van der Waals surface area contributed by atoms with Gasteiger partial charge in [-0.3, -0.25) is 9.63 Å². The Morgan fingerprint density at radius 1 is 1.38 bits per heavy atom. The minimum atomic E-state index is -3.50. The number of hydrogen-bond donors (Lipinski definition) is 2. The highest BCUT2D eigenvalue weighted by Gasteiger charge is 2.19. The van der Waals surface area contributed by atoms with Crippen LogP contribution in [0, 0.1) is 0 Å². The molecule has 0 amide bonds. The van der Waals surface area contributed by atoms with Gasteiger partial charge in [-0.25, -0.2) is 8.42 Å². The Labute approximate surface area is 95.0 Å². The Balaban J connectivity index is 2.20. The van der Waals surface area contributed by atoms with Crippen molar-refractivity contribution in [1.82, 2.24) is 4.89 Å². The van der Waals surface area contributed by atoms with Crippen LogP contribution in [0.4, 0.5) is 0 Å². The third kappa shape index (κ3) is 5.43. The Hall–Kier alpha value is -0.660. The van der Waals surface area contributed by atoms with Gasteiger partial charge in [-0.1, -0.05) is 17.7 Å². The van der Waals surface area contributed by atoms with E-state index in [-0.39, 0.29) is 24.7 Å². The summed E-state index contributed by atoms with van der Waals surface area (Å²) in [6.45, 7) is 0. The molecule has 16 heavy (non-hydrogen) atoms. The highest BCUT2D eigenvalue weighted by Crippen LogP contribution is 2.20. The Bertz CT molecular complexity index is 321. The Kier molecular flexibility index (Phi) is 5.17. The summed E-state index contributed by atoms with van der Waals surface area (Å²) in [6.07, 6.45) is 3.78. The lowest BCUT2D eigenvalue weighted by molar-refractivity contribution is -0.137. The molecule has 0 unspecified atom stereocenters. The third-order valence-electron chi connectivity index (χ3n) is 2.45. The summed E-state index contributed by atoms with van der Waals surface area (Å²) in [6, 6.07) is 0. The molecule has 0 aromatic rings. The molecule has 0 aliphatic heterocycles. The summed E-state index contributed by atoms with van der Waals surface area (Å²) >= 11 is 0. The van der Waals surface area contributed by atoms with Crippen molar-refractivity contribution >= 4 is 16.0 Å². The second-order valence-corrected chi connectivity index (χ2v) is 5.73. The molecule has 6 nitrogen and oxygen atoms in total. The Morgan fingerprint density at radius 2 is 2.00 bits per heavy atom. The largest absolute Gasteiger partial charge is 0.481 e. The number of carboxylic acids is 1. The molecule has 1 aliphatic rings. The van der Waals surface area contributed by atoms with Gasteiger partial charge >= 0.3 is 5.97 Å². The highest BCUT2D eigenvalue weighted by atomic mass is 32.2. The number of nitrogens with one attached hydrogen (secondary N) is 1. The molecule has 94 valence electrons. The van der Waals surface area contributed by atoms with E-state index in [1.165, 1.54) is 0 Å². The van der Waals surface area contributed by atoms with Crippen molar-refractivity contribution in [3.8, 4) is 0 Å². The van der Waals surface area contributed by atoms with Crippen molar-refractivity contribution in [2.24, 2.45) is 0 Å². The lowest BCUT2D eigenvalue weighted by atomic mass is 10.3. The lowest BCUT2D eigenvalue weighted by Gasteiger charge is -2.11. The van der Waals surface area contributed by atoms with E-state index in [4.69, 9.17) is 9.94 Å². The first-order valence-corrected chi connectivity index (χ1v) is 7.02. The van der Waals surface area contributed by atoms with Crippen molar-refractivity contribution in [2.45, 2.75) is 44.6 Å². The molecule has 7 heteroatoms. The zero-order valence-electron chi connectivity index (χ0n) is 9.02. The smallest absolute Gasteiger partial charge is 0.303 e. The minimum absolute atomic E-state index is 0.0331. The van der Waals surface area contributed by atoms with Crippen LogP contribution in [0.2, 0.25) is 0 Å². The van der Waals surface area contributed by atoms with Gasteiger partial charge < -0.3 is 5.11 Å². The molecule has 0 bridgehead atoms. The van der Waals surface area contributed by atoms with E-state index < -0.39 is 16.0 Å². The molecular formula is C9H17NO5S. The molecule has 1 rings (SSSR count). The topological polar surface area (TPSA) is 92.7 Å². The third-order valence-corrected chi connectivity index (χ3v) is 3.62. The van der Waals surface area contributed by atoms with Gasteiger partial charge in [-0.2, -0.15) is 0 Å². The van der Waals surface area contributed by atoms with E-state index in [1.54, 1.807) is 0 Å². The first kappa shape index (κ1) is 13.4. The molecule has 1 aliphatic carbocycles. The van der Waals surface area contributed by atoms with Gasteiger partial charge in [0.1, 0.15) is 0 Å². The van der Waals surface area contributed by atoms with E-state index in [2.05, 4.69) is 4.89 Å². The van der Waals surface area contributed by atoms with Crippen LogP contribution in [0.5, 0.6) is 0 Å². The van der Waals surface area contributed by atoms with E-state index >= 15 is 0 Å². The number of sulfonamides is 1. The predicted octanol–water partition coefficient (Wildman–Crippen LogP) is 0.645. The average molecular weight is 251 g/mol. The van der Waals surface area contributed by atoms with Crippen LogP contribution in [0.3, 0.4) is 0 Å². The number of carboxylic acid groups (broad SMARTS) is 1. The van der Waals surface area contributed by atoms with Crippen LogP contribution < -0.4 is 4.89 Å². The fourth-order valence-corrected chi connectivity index (χ4v) is 2.49. The quantitative estimate of drug-likeness (QED) is 0.648. The monoisotopic (exact) mass is 251 g/mol. The van der Waals surface area contributed by atoms with Crippen molar-refractivity contribution in [3.05, 3.63) is 0 Å². The maximum absolute atomic E-state index is 11.3. The van der Waals surface area contributed by atoms with Crippen molar-refractivity contribution < 1.29 is 23.2 Å². The van der Waals surface area contributed by atoms with Gasteiger partial charge in [0.2, 0.25) is 10.0 Å². The van der Waals surface area contributed by atoms with Gasteiger partial charge in [0.25, 0.3) is 0 Å². The van der Waals surface area contributed by atoms with Crippen LogP contribution in [0.15, 0.2) is 0 Å². The molecule has 0 saturated heterocycles. The molecule has 2 N–H and O–H groups in total. The molecule has 1 fully saturated rings. The van der Waals surface area contributed by atoms with Crippen molar-refractivity contribution in [3.63, 3.8) is 0 Å². The minimum Gasteiger partial charge on any atom is -0.481 e. The van der Waals surface area contributed by atoms with E-state index in [0.29, 0.717) is 0 Å². The van der Waals surface area contributed by atoms with Crippen LogP contribution in [-0.4, -0.2) is 31.4 Å². The Morgan fingerprint density at radius 3 is 2.56 bits per heavy atom. The highest BCUT2D eigenvalue weighted by molar-refractivity contribution is 7.89. The number of rotatable bonds is 7. The zero-order chi connectivity index (χ0) is 12.0. The summed E-state index contributed by atoms with van der Waals surface area (Å²) in [4.78, 5) is 17.3. The van der Waals surface area contributed by atoms with Crippen LogP contribution in [0.25, 0.3) is 0 Å². The van der Waals surface area contributed by atoms with Gasteiger partial charge in [0.15, 0.2) is 0 Å². The molecule has 0 heterocycles. The van der Waals surface area contributed by atoms with E-state index in [9.17, 15) is 13.2 Å². The summed E-state index contributed by atoms with van der Waals surface area (Å²) < 4.78 is 22.7. The first-order valence-electron chi connectivity index (χ1n) is 5.36. The predicted molar refractivity (Wildman–Crippen MR) is 57.1 cm³/mol. The molecule has 0 radical (unpaired) electrons. The van der Waals surface area contributed by atoms with Gasteiger partial charge in [-0.05, 0) is 19.3 Å². The molecule has 0 aromatic carbocycles. The van der Waals surface area contributed by atoms with E-state index in [1.807, 2.05) is 0 Å². The van der Waals surface area contributed by atoms with Crippen LogP contribution in [-0.2, 0) is 19.7 Å². The molecular weight excluding hydrogens is 234 g/mol. The van der Waals surface area contributed by atoms with E-state index in [0.717, 1.165) is 25.7 Å². The number of aliphatic carboxylic acids is 1. The van der Waals surface area contributed by atoms with Crippen molar-refractivity contribution in [1.29, 1.82) is 0 Å². The maximum Gasteiger partial charge on any atom is 0.303 e. The number of carbonyl (C=O) groups is 1. The SMILES string of the molecule is O=C(O)CCCS(=O)(=O)NOC1CCCC1. The maximum atomic E-state index is 11.3. The lowest BCUT2D eigenvalue weighted by Crippen LogP contribution is -2.30. The molecule has 0 spiro atoms. The zero-order valence-corrected chi connectivity index (χ0v) is 9.83. The summed E-state index contributed by atoms with van der Waals surface area (Å²) in [5.41, 5.74) is 0. The van der Waals surface area contributed by atoms with Gasteiger partial charge in [0.05, 0.1) is 11.9 Å². The standard InChI is InChI=1S/C9H17NO5S/c11-9(12)6-3-7-16(13,14)10-15-8-4-1-2-5-8/h8,10H,1-7H2,(H,11,12). The summed E-state index contributed by atoms with van der Waals surface area (Å²) in [7, 11) is -3.50. The fraction of sp³-hybridized carbons (Fsp3) is 0.889. The normalized spacial score (nSPS) is 17.8. The molecule has 1 saturated carbocycles. The summed E-state index contributed by atoms with van der Waals surface area (Å²) in [5.74, 6) is -1.21. The van der Waals surface area contributed by atoms with Gasteiger partial charge in [0, 0.05) is 6.42 Å². The second-order valence-electron chi connectivity index (χ2n) is 3.92. The van der Waals surface area contributed by atoms with Gasteiger partial charge in [-0.15, -0.1) is 0 Å². The molecule has 0 atom stereocenters. The van der Waals surface area contributed by atoms with Crippen LogP contribution >= 0.6 is 0 Å². The summed E-state index contributed by atoms with van der Waals surface area (Å²) in [5, 5.41) is 8.37.